The number of aromatic nitrogens is 2. The van der Waals surface area contributed by atoms with Crippen LogP contribution in [-0.4, -0.2) is 29.0 Å². The highest BCUT2D eigenvalue weighted by atomic mass is 16.5. The summed E-state index contributed by atoms with van der Waals surface area (Å²) in [5.74, 6) is 1.58. The molecule has 0 unspecified atom stereocenters. The molecule has 1 amide bonds. The Hall–Kier alpha value is -2.63. The molecule has 0 bridgehead atoms. The van der Waals surface area contributed by atoms with Gasteiger partial charge in [-0.25, -0.2) is 9.97 Å². The number of ether oxygens (including phenoxy) is 1. The third-order valence-corrected chi connectivity index (χ3v) is 3.01. The molecule has 0 radical (unpaired) electrons. The molecule has 0 aliphatic rings. The first-order chi connectivity index (χ1) is 11.1. The summed E-state index contributed by atoms with van der Waals surface area (Å²) in [6.45, 7) is 7.27. The minimum Gasteiger partial charge on any atom is -0.494 e. The smallest absolute Gasteiger partial charge is 0.270 e. The maximum Gasteiger partial charge on any atom is 0.270 e. The molecule has 1 aromatic carbocycles. The molecule has 0 aliphatic heterocycles. The summed E-state index contributed by atoms with van der Waals surface area (Å²) in [6.07, 6.45) is 1.38. The molecule has 2 aromatic rings. The van der Waals surface area contributed by atoms with Gasteiger partial charge < -0.3 is 15.4 Å². The molecular weight excluding hydrogens is 292 g/mol. The standard InChI is InChI=1S/C17H22N4O2/c1-4-23-14-7-5-13(6-8-14)21-16-9-15(19-11-20-16)17(22)18-10-12(2)3/h5-9,11-12H,4,10H2,1-3H3,(H,18,22)(H,19,20,21). The van der Waals surface area contributed by atoms with E-state index in [9.17, 15) is 4.79 Å². The van der Waals surface area contributed by atoms with Gasteiger partial charge in [0.25, 0.3) is 5.91 Å². The lowest BCUT2D eigenvalue weighted by Gasteiger charge is -2.09. The molecule has 6 nitrogen and oxygen atoms in total. The second-order valence-corrected chi connectivity index (χ2v) is 5.47. The van der Waals surface area contributed by atoms with Gasteiger partial charge in [-0.15, -0.1) is 0 Å². The molecule has 1 heterocycles. The SMILES string of the molecule is CCOc1ccc(Nc2cc(C(=O)NCC(C)C)ncn2)cc1. The van der Waals surface area contributed by atoms with Crippen LogP contribution in [0.3, 0.4) is 0 Å². The number of nitrogens with one attached hydrogen (secondary N) is 2. The van der Waals surface area contributed by atoms with E-state index in [-0.39, 0.29) is 5.91 Å². The fraction of sp³-hybridized carbons (Fsp3) is 0.353. The predicted molar refractivity (Wildman–Crippen MR) is 90.1 cm³/mol. The number of nitrogens with zero attached hydrogens (tertiary/aromatic N) is 2. The van der Waals surface area contributed by atoms with Crippen molar-refractivity contribution >= 4 is 17.4 Å². The summed E-state index contributed by atoms with van der Waals surface area (Å²) in [4.78, 5) is 20.2. The van der Waals surface area contributed by atoms with E-state index >= 15 is 0 Å². The first-order valence-electron chi connectivity index (χ1n) is 7.68. The van der Waals surface area contributed by atoms with Gasteiger partial charge in [0.1, 0.15) is 23.6 Å². The van der Waals surface area contributed by atoms with Crippen LogP contribution in [0.15, 0.2) is 36.7 Å². The summed E-state index contributed by atoms with van der Waals surface area (Å²) >= 11 is 0. The molecule has 0 spiro atoms. The third-order valence-electron chi connectivity index (χ3n) is 3.01. The Kier molecular flexibility index (Phi) is 5.91. The molecule has 23 heavy (non-hydrogen) atoms. The lowest BCUT2D eigenvalue weighted by Crippen LogP contribution is -2.28. The van der Waals surface area contributed by atoms with Crippen molar-refractivity contribution in [3.05, 3.63) is 42.4 Å². The first-order valence-corrected chi connectivity index (χ1v) is 7.68. The zero-order valence-corrected chi connectivity index (χ0v) is 13.7. The van der Waals surface area contributed by atoms with Crippen molar-refractivity contribution in [1.82, 2.24) is 15.3 Å². The Morgan fingerprint density at radius 1 is 1.22 bits per heavy atom. The Morgan fingerprint density at radius 2 is 1.96 bits per heavy atom. The summed E-state index contributed by atoms with van der Waals surface area (Å²) < 4.78 is 5.40. The zero-order chi connectivity index (χ0) is 16.7. The van der Waals surface area contributed by atoms with E-state index in [1.807, 2.05) is 45.0 Å². The van der Waals surface area contributed by atoms with E-state index in [0.29, 0.717) is 30.6 Å². The van der Waals surface area contributed by atoms with Crippen molar-refractivity contribution in [3.63, 3.8) is 0 Å². The van der Waals surface area contributed by atoms with Crippen molar-refractivity contribution in [2.75, 3.05) is 18.5 Å². The van der Waals surface area contributed by atoms with Gasteiger partial charge in [0, 0.05) is 18.3 Å². The van der Waals surface area contributed by atoms with E-state index in [0.717, 1.165) is 11.4 Å². The summed E-state index contributed by atoms with van der Waals surface area (Å²) in [7, 11) is 0. The molecule has 0 aliphatic carbocycles. The fourth-order valence-electron chi connectivity index (χ4n) is 1.89. The molecule has 122 valence electrons. The largest absolute Gasteiger partial charge is 0.494 e. The highest BCUT2D eigenvalue weighted by Gasteiger charge is 2.09. The van der Waals surface area contributed by atoms with Crippen molar-refractivity contribution in [3.8, 4) is 5.75 Å². The maximum atomic E-state index is 12.0. The lowest BCUT2D eigenvalue weighted by molar-refractivity contribution is 0.0944. The predicted octanol–water partition coefficient (Wildman–Crippen LogP) is 3.00. The van der Waals surface area contributed by atoms with Crippen molar-refractivity contribution in [2.45, 2.75) is 20.8 Å². The average Bonchev–Trinajstić information content (AvgIpc) is 2.55. The Bertz CT molecular complexity index is 641. The van der Waals surface area contributed by atoms with Gasteiger partial charge in [-0.1, -0.05) is 13.8 Å². The number of anilines is 2. The van der Waals surface area contributed by atoms with Crippen molar-refractivity contribution in [2.24, 2.45) is 5.92 Å². The molecule has 2 N–H and O–H groups in total. The van der Waals surface area contributed by atoms with E-state index in [2.05, 4.69) is 20.6 Å². The van der Waals surface area contributed by atoms with Gasteiger partial charge >= 0.3 is 0 Å². The third kappa shape index (κ3) is 5.25. The van der Waals surface area contributed by atoms with Crippen LogP contribution in [0.5, 0.6) is 5.75 Å². The van der Waals surface area contributed by atoms with Crippen molar-refractivity contribution in [1.29, 1.82) is 0 Å². The van der Waals surface area contributed by atoms with Gasteiger partial charge in [0.05, 0.1) is 6.61 Å². The summed E-state index contributed by atoms with van der Waals surface area (Å²) in [5.41, 5.74) is 1.20. The molecule has 6 heteroatoms. The number of carbonyl (C=O) groups is 1. The Labute approximate surface area is 136 Å². The number of benzene rings is 1. The second-order valence-electron chi connectivity index (χ2n) is 5.47. The molecular formula is C17H22N4O2. The number of rotatable bonds is 7. The summed E-state index contributed by atoms with van der Waals surface area (Å²) in [6, 6.07) is 9.18. The number of amides is 1. The Balaban J connectivity index is 2.03. The van der Waals surface area contributed by atoms with Gasteiger partial charge in [-0.3, -0.25) is 4.79 Å². The molecule has 1 aromatic heterocycles. The van der Waals surface area contributed by atoms with Crippen LogP contribution >= 0.6 is 0 Å². The van der Waals surface area contributed by atoms with Crippen molar-refractivity contribution < 1.29 is 9.53 Å². The fourth-order valence-corrected chi connectivity index (χ4v) is 1.89. The van der Waals surface area contributed by atoms with Crippen LogP contribution in [-0.2, 0) is 0 Å². The average molecular weight is 314 g/mol. The van der Waals surface area contributed by atoms with Crippen LogP contribution in [0, 0.1) is 5.92 Å². The number of hydrogen-bond donors (Lipinski definition) is 2. The highest BCUT2D eigenvalue weighted by molar-refractivity contribution is 5.92. The topological polar surface area (TPSA) is 76.1 Å². The normalized spacial score (nSPS) is 10.4. The summed E-state index contributed by atoms with van der Waals surface area (Å²) in [5, 5.41) is 5.98. The number of hydrogen-bond acceptors (Lipinski definition) is 5. The second kappa shape index (κ2) is 8.12. The van der Waals surface area contributed by atoms with Crippen LogP contribution in [0.2, 0.25) is 0 Å². The van der Waals surface area contributed by atoms with Gasteiger partial charge in [-0.2, -0.15) is 0 Å². The van der Waals surface area contributed by atoms with Gasteiger partial charge in [0.15, 0.2) is 0 Å². The quantitative estimate of drug-likeness (QED) is 0.821. The maximum absolute atomic E-state index is 12.0. The highest BCUT2D eigenvalue weighted by Crippen LogP contribution is 2.19. The lowest BCUT2D eigenvalue weighted by atomic mass is 10.2. The molecule has 0 saturated heterocycles. The minimum atomic E-state index is -0.198. The molecule has 0 fully saturated rings. The van der Waals surface area contributed by atoms with E-state index in [1.54, 1.807) is 6.07 Å². The molecule has 0 saturated carbocycles. The zero-order valence-electron chi connectivity index (χ0n) is 13.7. The van der Waals surface area contributed by atoms with Crippen LogP contribution < -0.4 is 15.4 Å². The van der Waals surface area contributed by atoms with Gasteiger partial charge in [-0.05, 0) is 37.1 Å². The molecule has 2 rings (SSSR count). The minimum absolute atomic E-state index is 0.198. The Morgan fingerprint density at radius 3 is 2.61 bits per heavy atom. The van der Waals surface area contributed by atoms with Gasteiger partial charge in [0.2, 0.25) is 0 Å². The van der Waals surface area contributed by atoms with Crippen LogP contribution in [0.1, 0.15) is 31.3 Å². The molecule has 0 atom stereocenters. The van der Waals surface area contributed by atoms with E-state index in [1.165, 1.54) is 6.33 Å². The first kappa shape index (κ1) is 16.7. The van der Waals surface area contributed by atoms with Crippen LogP contribution in [0.4, 0.5) is 11.5 Å². The monoisotopic (exact) mass is 314 g/mol. The van der Waals surface area contributed by atoms with E-state index in [4.69, 9.17) is 4.74 Å². The van der Waals surface area contributed by atoms with Crippen LogP contribution in [0.25, 0.3) is 0 Å². The number of carbonyl (C=O) groups excluding carboxylic acids is 1. The van der Waals surface area contributed by atoms with E-state index < -0.39 is 0 Å².